The van der Waals surface area contributed by atoms with Gasteiger partial charge in [-0.15, -0.1) is 0 Å². The van der Waals surface area contributed by atoms with Crippen molar-refractivity contribution in [3.8, 4) is 5.75 Å². The van der Waals surface area contributed by atoms with Gasteiger partial charge in [-0.2, -0.15) is 11.8 Å². The Bertz CT molecular complexity index is 384. The summed E-state index contributed by atoms with van der Waals surface area (Å²) in [4.78, 5) is 10.5. The van der Waals surface area contributed by atoms with Crippen molar-refractivity contribution in [3.63, 3.8) is 0 Å². The van der Waals surface area contributed by atoms with Gasteiger partial charge in [-0.25, -0.2) is 0 Å². The number of carbonyl (C=O) groups is 1. The van der Waals surface area contributed by atoms with Gasteiger partial charge in [0.25, 0.3) is 0 Å². The first-order chi connectivity index (χ1) is 8.65. The number of hydrogen-bond acceptors (Lipinski definition) is 4. The lowest BCUT2D eigenvalue weighted by Gasteiger charge is -2.10. The number of ether oxygens (including phenoxy) is 1. The molecule has 1 aromatic rings. The van der Waals surface area contributed by atoms with Crippen molar-refractivity contribution in [1.82, 2.24) is 0 Å². The highest BCUT2D eigenvalue weighted by Gasteiger charge is 2.10. The van der Waals surface area contributed by atoms with Gasteiger partial charge >= 0.3 is 5.97 Å². The van der Waals surface area contributed by atoms with Crippen LogP contribution in [0.15, 0.2) is 24.3 Å². The van der Waals surface area contributed by atoms with Gasteiger partial charge in [-0.1, -0.05) is 18.2 Å². The first kappa shape index (κ1) is 14.9. The number of benzene rings is 1. The van der Waals surface area contributed by atoms with E-state index in [9.17, 15) is 4.79 Å². The van der Waals surface area contributed by atoms with Gasteiger partial charge in [0.1, 0.15) is 11.8 Å². The van der Waals surface area contributed by atoms with Gasteiger partial charge in [-0.3, -0.25) is 4.79 Å². The summed E-state index contributed by atoms with van der Waals surface area (Å²) in [7, 11) is 0. The van der Waals surface area contributed by atoms with E-state index in [2.05, 4.69) is 0 Å². The zero-order chi connectivity index (χ0) is 13.4. The fourth-order valence-corrected chi connectivity index (χ4v) is 2.46. The molecule has 1 atom stereocenters. The van der Waals surface area contributed by atoms with Crippen molar-refractivity contribution in [2.24, 2.45) is 5.73 Å². The Morgan fingerprint density at radius 2 is 2.22 bits per heavy atom. The molecule has 0 radical (unpaired) electrons. The third-order valence-corrected chi connectivity index (χ3v) is 3.46. The number of nitrogens with two attached hydrogens (primary N) is 1. The smallest absolute Gasteiger partial charge is 0.320 e. The largest absolute Gasteiger partial charge is 0.494 e. The molecule has 0 aliphatic heterocycles. The summed E-state index contributed by atoms with van der Waals surface area (Å²) in [5.74, 6) is 1.50. The van der Waals surface area contributed by atoms with Gasteiger partial charge in [0.15, 0.2) is 0 Å². The molecule has 0 aromatic heterocycles. The van der Waals surface area contributed by atoms with E-state index in [-0.39, 0.29) is 0 Å². The van der Waals surface area contributed by atoms with Crippen molar-refractivity contribution in [1.29, 1.82) is 0 Å². The van der Waals surface area contributed by atoms with Crippen LogP contribution in [0.4, 0.5) is 0 Å². The quantitative estimate of drug-likeness (QED) is 0.707. The summed E-state index contributed by atoms with van der Waals surface area (Å²) >= 11 is 1.67. The minimum Gasteiger partial charge on any atom is -0.494 e. The van der Waals surface area contributed by atoms with Crippen molar-refractivity contribution in [2.45, 2.75) is 25.1 Å². The molecule has 1 aromatic carbocycles. The zero-order valence-electron chi connectivity index (χ0n) is 10.5. The number of para-hydroxylation sites is 1. The third kappa shape index (κ3) is 4.98. The second kappa shape index (κ2) is 8.00. The van der Waals surface area contributed by atoms with Crippen LogP contribution in [0.1, 0.15) is 18.9 Å². The summed E-state index contributed by atoms with van der Waals surface area (Å²) in [6.07, 6.45) is 0.483. The number of hydrogen-bond donors (Lipinski definition) is 2. The highest BCUT2D eigenvalue weighted by molar-refractivity contribution is 7.98. The van der Waals surface area contributed by atoms with Crippen molar-refractivity contribution in [3.05, 3.63) is 29.8 Å². The fourth-order valence-electron chi connectivity index (χ4n) is 1.44. The van der Waals surface area contributed by atoms with Crippen LogP contribution in [0.5, 0.6) is 5.75 Å². The van der Waals surface area contributed by atoms with Crippen molar-refractivity contribution in [2.75, 3.05) is 12.4 Å². The summed E-state index contributed by atoms with van der Waals surface area (Å²) in [6, 6.07) is 7.12. The topological polar surface area (TPSA) is 72.5 Å². The molecule has 1 rings (SSSR count). The molecule has 5 heteroatoms. The first-order valence-electron chi connectivity index (χ1n) is 5.92. The second-order valence-electron chi connectivity index (χ2n) is 3.83. The van der Waals surface area contributed by atoms with Gasteiger partial charge < -0.3 is 15.6 Å². The molecule has 0 bridgehead atoms. The predicted octanol–water partition coefficient (Wildman–Crippen LogP) is 2.12. The number of carboxylic acids is 1. The number of rotatable bonds is 8. The predicted molar refractivity (Wildman–Crippen MR) is 74.0 cm³/mol. The van der Waals surface area contributed by atoms with Gasteiger partial charge in [-0.05, 0) is 25.2 Å². The molecule has 0 aliphatic rings. The maximum Gasteiger partial charge on any atom is 0.320 e. The molecule has 0 aliphatic carbocycles. The Hall–Kier alpha value is -1.20. The molecule has 3 N–H and O–H groups in total. The van der Waals surface area contributed by atoms with Crippen LogP contribution in [0, 0.1) is 0 Å². The van der Waals surface area contributed by atoms with Crippen LogP contribution in [0.25, 0.3) is 0 Å². The average Bonchev–Trinajstić information content (AvgIpc) is 2.36. The molecular weight excluding hydrogens is 250 g/mol. The SMILES string of the molecule is CCOc1ccccc1CSCCC(N)C(=O)O. The Labute approximate surface area is 112 Å². The number of thioether (sulfide) groups is 1. The highest BCUT2D eigenvalue weighted by Crippen LogP contribution is 2.23. The van der Waals surface area contributed by atoms with Crippen LogP contribution in [-0.4, -0.2) is 29.5 Å². The molecule has 0 spiro atoms. The summed E-state index contributed by atoms with van der Waals surface area (Å²) in [5, 5.41) is 8.66. The van der Waals surface area contributed by atoms with E-state index < -0.39 is 12.0 Å². The van der Waals surface area contributed by atoms with Crippen molar-refractivity contribution < 1.29 is 14.6 Å². The lowest BCUT2D eigenvalue weighted by atomic mass is 10.2. The molecular formula is C13H19NO3S. The van der Waals surface area contributed by atoms with Gasteiger partial charge in [0, 0.05) is 11.3 Å². The minimum atomic E-state index is -0.940. The van der Waals surface area contributed by atoms with Crippen LogP contribution in [-0.2, 0) is 10.5 Å². The van der Waals surface area contributed by atoms with Crippen LogP contribution in [0.3, 0.4) is 0 Å². The number of aliphatic carboxylic acids is 1. The maximum absolute atomic E-state index is 10.5. The van der Waals surface area contributed by atoms with E-state index in [4.69, 9.17) is 15.6 Å². The van der Waals surface area contributed by atoms with E-state index >= 15 is 0 Å². The molecule has 18 heavy (non-hydrogen) atoms. The third-order valence-electron chi connectivity index (χ3n) is 2.42. The van der Waals surface area contributed by atoms with Gasteiger partial charge in [0.2, 0.25) is 0 Å². The zero-order valence-corrected chi connectivity index (χ0v) is 11.3. The van der Waals surface area contributed by atoms with Crippen LogP contribution in [0.2, 0.25) is 0 Å². The number of carboxylic acid groups (broad SMARTS) is 1. The Morgan fingerprint density at radius 3 is 2.89 bits per heavy atom. The van der Waals surface area contributed by atoms with E-state index in [0.29, 0.717) is 13.0 Å². The van der Waals surface area contributed by atoms with Crippen LogP contribution < -0.4 is 10.5 Å². The molecule has 4 nitrogen and oxygen atoms in total. The molecule has 0 heterocycles. The molecule has 1 unspecified atom stereocenters. The molecule has 0 saturated heterocycles. The fraction of sp³-hybridized carbons (Fsp3) is 0.462. The normalized spacial score (nSPS) is 12.1. The Kier molecular flexibility index (Phi) is 6.60. The van der Waals surface area contributed by atoms with Crippen molar-refractivity contribution >= 4 is 17.7 Å². The highest BCUT2D eigenvalue weighted by atomic mass is 32.2. The summed E-state index contributed by atoms with van der Waals surface area (Å²) in [5.41, 5.74) is 6.57. The summed E-state index contributed by atoms with van der Waals surface area (Å²) < 4.78 is 5.52. The first-order valence-corrected chi connectivity index (χ1v) is 7.07. The Morgan fingerprint density at radius 1 is 1.50 bits per heavy atom. The Balaban J connectivity index is 2.37. The minimum absolute atomic E-state index is 0.483. The molecule has 0 amide bonds. The lowest BCUT2D eigenvalue weighted by Crippen LogP contribution is -2.30. The van der Waals surface area contributed by atoms with E-state index in [0.717, 1.165) is 22.8 Å². The van der Waals surface area contributed by atoms with E-state index in [1.54, 1.807) is 11.8 Å². The maximum atomic E-state index is 10.5. The lowest BCUT2D eigenvalue weighted by molar-refractivity contribution is -0.138. The molecule has 0 saturated carbocycles. The van der Waals surface area contributed by atoms with E-state index in [1.165, 1.54) is 0 Å². The molecule has 100 valence electrons. The van der Waals surface area contributed by atoms with Crippen LogP contribution >= 0.6 is 11.8 Å². The van der Waals surface area contributed by atoms with Gasteiger partial charge in [0.05, 0.1) is 6.61 Å². The average molecular weight is 269 g/mol. The van der Waals surface area contributed by atoms with E-state index in [1.807, 2.05) is 31.2 Å². The second-order valence-corrected chi connectivity index (χ2v) is 4.93. The standard InChI is InChI=1S/C13H19NO3S/c1-2-17-12-6-4-3-5-10(12)9-18-8-7-11(14)13(15)16/h3-6,11H,2,7-9,14H2,1H3,(H,15,16). The molecule has 0 fully saturated rings. The monoisotopic (exact) mass is 269 g/mol. The summed E-state index contributed by atoms with van der Waals surface area (Å²) in [6.45, 7) is 2.60.